The molecule has 0 spiro atoms. The van der Waals surface area contributed by atoms with Crippen molar-refractivity contribution in [1.29, 1.82) is 5.26 Å². The highest BCUT2D eigenvalue weighted by Gasteiger charge is 2.22. The summed E-state index contributed by atoms with van der Waals surface area (Å²) in [5.74, 6) is 0.119. The van der Waals surface area contributed by atoms with Crippen molar-refractivity contribution in [2.45, 2.75) is 37.1 Å². The van der Waals surface area contributed by atoms with Gasteiger partial charge in [0, 0.05) is 18.0 Å². The summed E-state index contributed by atoms with van der Waals surface area (Å²) in [4.78, 5) is 15.3. The van der Waals surface area contributed by atoms with Gasteiger partial charge in [0.05, 0.1) is 11.3 Å². The summed E-state index contributed by atoms with van der Waals surface area (Å²) in [6.45, 7) is 3.56. The van der Waals surface area contributed by atoms with Crippen LogP contribution in [0.15, 0.2) is 23.1 Å². The summed E-state index contributed by atoms with van der Waals surface area (Å²) in [5, 5.41) is 12.5. The lowest BCUT2D eigenvalue weighted by molar-refractivity contribution is -0.132. The van der Waals surface area contributed by atoms with E-state index in [-0.39, 0.29) is 11.9 Å². The van der Waals surface area contributed by atoms with Gasteiger partial charge in [-0.2, -0.15) is 5.26 Å². The van der Waals surface area contributed by atoms with Crippen molar-refractivity contribution in [3.8, 4) is 6.07 Å². The van der Waals surface area contributed by atoms with Crippen molar-refractivity contribution >= 4 is 23.4 Å². The molecule has 1 aliphatic heterocycles. The van der Waals surface area contributed by atoms with E-state index in [0.29, 0.717) is 5.56 Å². The van der Waals surface area contributed by atoms with E-state index in [1.54, 1.807) is 0 Å². The van der Waals surface area contributed by atoms with Gasteiger partial charge >= 0.3 is 0 Å². The molecule has 4 nitrogen and oxygen atoms in total. The maximum atomic E-state index is 12.4. The van der Waals surface area contributed by atoms with Crippen LogP contribution < -0.4 is 5.32 Å². The first-order chi connectivity index (χ1) is 10.2. The van der Waals surface area contributed by atoms with E-state index in [1.807, 2.05) is 36.3 Å². The summed E-state index contributed by atoms with van der Waals surface area (Å²) >= 11 is 1.54. The second-order valence-corrected chi connectivity index (χ2v) is 6.09. The van der Waals surface area contributed by atoms with E-state index in [9.17, 15) is 10.1 Å². The van der Waals surface area contributed by atoms with E-state index in [0.717, 1.165) is 36.5 Å². The van der Waals surface area contributed by atoms with E-state index in [2.05, 4.69) is 11.4 Å². The Morgan fingerprint density at radius 1 is 1.38 bits per heavy atom. The van der Waals surface area contributed by atoms with Crippen LogP contribution in [0.4, 0.5) is 5.69 Å². The lowest BCUT2D eigenvalue weighted by atomic mass is 10.1. The molecule has 1 unspecified atom stereocenters. The molecule has 2 rings (SSSR count). The number of anilines is 1. The molecule has 1 aliphatic rings. The van der Waals surface area contributed by atoms with Gasteiger partial charge in [-0.25, -0.2) is 0 Å². The Hall–Kier alpha value is -1.67. The molecule has 5 heteroatoms. The van der Waals surface area contributed by atoms with Gasteiger partial charge in [-0.15, -0.1) is 11.8 Å². The van der Waals surface area contributed by atoms with Crippen molar-refractivity contribution in [2.75, 3.05) is 24.7 Å². The number of amides is 1. The number of nitrogens with zero attached hydrogens (tertiary/aromatic N) is 2. The number of carbonyl (C=O) groups is 1. The predicted octanol–water partition coefficient (Wildman–Crippen LogP) is 3.09. The number of benzene rings is 1. The van der Waals surface area contributed by atoms with E-state index in [4.69, 9.17) is 0 Å². The van der Waals surface area contributed by atoms with Gasteiger partial charge in [0.1, 0.15) is 12.1 Å². The third kappa shape index (κ3) is 3.70. The number of piperidine rings is 1. The van der Waals surface area contributed by atoms with Crippen LogP contribution in [0.5, 0.6) is 0 Å². The molecule has 1 aromatic carbocycles. The number of nitriles is 1. The zero-order valence-electron chi connectivity index (χ0n) is 12.6. The van der Waals surface area contributed by atoms with Crippen LogP contribution in [-0.4, -0.2) is 36.2 Å². The average Bonchev–Trinajstić information content (AvgIpc) is 2.54. The highest BCUT2D eigenvalue weighted by Crippen LogP contribution is 2.27. The molecule has 0 aromatic heterocycles. The van der Waals surface area contributed by atoms with Gasteiger partial charge in [-0.1, -0.05) is 6.07 Å². The van der Waals surface area contributed by atoms with Gasteiger partial charge < -0.3 is 10.2 Å². The molecule has 0 radical (unpaired) electrons. The second-order valence-electron chi connectivity index (χ2n) is 5.25. The quantitative estimate of drug-likeness (QED) is 0.868. The van der Waals surface area contributed by atoms with Crippen LogP contribution in [0, 0.1) is 11.3 Å². The predicted molar refractivity (Wildman–Crippen MR) is 86.5 cm³/mol. The third-order valence-corrected chi connectivity index (χ3v) is 4.55. The molecule has 0 bridgehead atoms. The summed E-state index contributed by atoms with van der Waals surface area (Å²) in [5.41, 5.74) is 1.35. The smallest absolute Gasteiger partial charge is 0.244 e. The Kier molecular flexibility index (Phi) is 5.51. The van der Waals surface area contributed by atoms with Crippen LogP contribution in [0.25, 0.3) is 0 Å². The number of hydrogen-bond donors (Lipinski definition) is 1. The Morgan fingerprint density at radius 3 is 2.71 bits per heavy atom. The van der Waals surface area contributed by atoms with Gasteiger partial charge in [0.15, 0.2) is 0 Å². The maximum absolute atomic E-state index is 12.4. The lowest BCUT2D eigenvalue weighted by Gasteiger charge is -2.30. The van der Waals surface area contributed by atoms with Gasteiger partial charge in [0.25, 0.3) is 0 Å². The normalized spacial score (nSPS) is 16.1. The first-order valence-corrected chi connectivity index (χ1v) is 8.52. The third-order valence-electron chi connectivity index (χ3n) is 3.77. The standard InChI is InChI=1S/C16H21N3OS/c1-12(16(20)19-9-4-3-5-10-19)18-14-7-6-8-15(21-2)13(14)11-17/h6-8,12,18H,3-5,9-10H2,1-2H3. The SMILES string of the molecule is CSc1cccc(NC(C)C(=O)N2CCCCC2)c1C#N. The molecule has 1 saturated heterocycles. The number of hydrogen-bond acceptors (Lipinski definition) is 4. The Labute approximate surface area is 130 Å². The fourth-order valence-corrected chi connectivity index (χ4v) is 3.19. The summed E-state index contributed by atoms with van der Waals surface area (Å²) in [6, 6.07) is 7.61. The second kappa shape index (κ2) is 7.37. The van der Waals surface area contributed by atoms with Crippen LogP contribution in [-0.2, 0) is 4.79 Å². The van der Waals surface area contributed by atoms with E-state index >= 15 is 0 Å². The topological polar surface area (TPSA) is 56.1 Å². The molecule has 1 heterocycles. The molecule has 0 aliphatic carbocycles. The molecule has 1 amide bonds. The van der Waals surface area contributed by atoms with E-state index < -0.39 is 0 Å². The molecular formula is C16H21N3OS. The molecule has 112 valence electrons. The maximum Gasteiger partial charge on any atom is 0.244 e. The van der Waals surface area contributed by atoms with Crippen molar-refractivity contribution in [2.24, 2.45) is 0 Å². The van der Waals surface area contributed by atoms with Crippen molar-refractivity contribution in [3.63, 3.8) is 0 Å². The average molecular weight is 303 g/mol. The van der Waals surface area contributed by atoms with Crippen molar-refractivity contribution < 1.29 is 4.79 Å². The fraction of sp³-hybridized carbons (Fsp3) is 0.500. The fourth-order valence-electron chi connectivity index (χ4n) is 2.62. The Balaban J connectivity index is 2.10. The largest absolute Gasteiger partial charge is 0.373 e. The highest BCUT2D eigenvalue weighted by atomic mass is 32.2. The van der Waals surface area contributed by atoms with Crippen molar-refractivity contribution in [3.05, 3.63) is 23.8 Å². The van der Waals surface area contributed by atoms with E-state index in [1.165, 1.54) is 18.2 Å². The minimum absolute atomic E-state index is 0.119. The summed E-state index contributed by atoms with van der Waals surface area (Å²) in [6.07, 6.45) is 5.33. The molecule has 0 saturated carbocycles. The highest BCUT2D eigenvalue weighted by molar-refractivity contribution is 7.98. The van der Waals surface area contributed by atoms with Crippen LogP contribution in [0.1, 0.15) is 31.7 Å². The zero-order chi connectivity index (χ0) is 15.2. The Bertz CT molecular complexity index is 547. The number of nitrogens with one attached hydrogen (secondary N) is 1. The molecule has 21 heavy (non-hydrogen) atoms. The van der Waals surface area contributed by atoms with Gasteiger partial charge in [-0.3, -0.25) is 4.79 Å². The monoisotopic (exact) mass is 303 g/mol. The number of carbonyl (C=O) groups excluding carboxylic acids is 1. The van der Waals surface area contributed by atoms with Crippen LogP contribution in [0.2, 0.25) is 0 Å². The molecular weight excluding hydrogens is 282 g/mol. The molecule has 1 N–H and O–H groups in total. The summed E-state index contributed by atoms with van der Waals surface area (Å²) in [7, 11) is 0. The van der Waals surface area contributed by atoms with Crippen LogP contribution >= 0.6 is 11.8 Å². The molecule has 1 aromatic rings. The minimum Gasteiger partial charge on any atom is -0.373 e. The zero-order valence-corrected chi connectivity index (χ0v) is 13.4. The summed E-state index contributed by atoms with van der Waals surface area (Å²) < 4.78 is 0. The first-order valence-electron chi connectivity index (χ1n) is 7.29. The number of thioether (sulfide) groups is 1. The van der Waals surface area contributed by atoms with Crippen molar-refractivity contribution in [1.82, 2.24) is 4.90 Å². The number of likely N-dealkylation sites (tertiary alicyclic amines) is 1. The molecule has 1 atom stereocenters. The first kappa shape index (κ1) is 15.7. The Morgan fingerprint density at radius 2 is 2.10 bits per heavy atom. The van der Waals surface area contributed by atoms with Crippen LogP contribution in [0.3, 0.4) is 0 Å². The lowest BCUT2D eigenvalue weighted by Crippen LogP contribution is -2.44. The van der Waals surface area contributed by atoms with Gasteiger partial charge in [0.2, 0.25) is 5.91 Å². The van der Waals surface area contributed by atoms with Gasteiger partial charge in [-0.05, 0) is 44.6 Å². The minimum atomic E-state index is -0.313. The molecule has 1 fully saturated rings. The number of rotatable bonds is 4.